The van der Waals surface area contributed by atoms with Crippen molar-refractivity contribution in [2.45, 2.75) is 32.2 Å². The van der Waals surface area contributed by atoms with Gasteiger partial charge in [-0.1, -0.05) is 0 Å². The van der Waals surface area contributed by atoms with E-state index in [0.717, 1.165) is 36.0 Å². The van der Waals surface area contributed by atoms with Crippen LogP contribution >= 0.6 is 0 Å². The summed E-state index contributed by atoms with van der Waals surface area (Å²) in [5.74, 6) is -0.413. The second-order valence-corrected chi connectivity index (χ2v) is 9.55. The summed E-state index contributed by atoms with van der Waals surface area (Å²) in [4.78, 5) is 39.4. The summed E-state index contributed by atoms with van der Waals surface area (Å²) >= 11 is 0. The number of likely N-dealkylation sites (tertiary alicyclic amines) is 1. The van der Waals surface area contributed by atoms with E-state index in [1.807, 2.05) is 19.3 Å². The van der Waals surface area contributed by atoms with Gasteiger partial charge in [0.1, 0.15) is 5.65 Å². The third kappa shape index (κ3) is 4.92. The lowest BCUT2D eigenvalue weighted by atomic mass is 10.0. The Morgan fingerprint density at radius 2 is 1.89 bits per heavy atom. The van der Waals surface area contributed by atoms with E-state index >= 15 is 0 Å². The van der Waals surface area contributed by atoms with Crippen molar-refractivity contribution in [3.05, 3.63) is 54.7 Å². The Morgan fingerprint density at radius 3 is 2.60 bits per heavy atom. The molecule has 10 nitrogen and oxygen atoms in total. The lowest BCUT2D eigenvalue weighted by Gasteiger charge is -2.30. The SMILES string of the molecule is Cn1cc(-c2cc3cc(C(=O)Nc4cncc(NC(=O)CN5CCCC5(C)C)c4)cnc3[nH]2)cn1. The number of amides is 2. The Labute approximate surface area is 202 Å². The normalized spacial score (nSPS) is 15.4. The molecule has 4 aromatic rings. The molecule has 2 amide bonds. The van der Waals surface area contributed by atoms with Gasteiger partial charge in [0.25, 0.3) is 5.91 Å². The summed E-state index contributed by atoms with van der Waals surface area (Å²) < 4.78 is 1.73. The number of aryl methyl sites for hydroxylation is 1. The maximum atomic E-state index is 12.9. The molecule has 5 rings (SSSR count). The fourth-order valence-corrected chi connectivity index (χ4v) is 4.47. The van der Waals surface area contributed by atoms with Gasteiger partial charge in [-0.2, -0.15) is 5.10 Å². The van der Waals surface area contributed by atoms with Crippen LogP contribution in [0.2, 0.25) is 0 Å². The molecule has 10 heteroatoms. The van der Waals surface area contributed by atoms with Gasteiger partial charge in [-0.3, -0.25) is 24.2 Å². The molecule has 0 aromatic carbocycles. The standard InChI is InChI=1S/C25H28N8O2/c1-25(2)5-4-6-33(25)15-22(34)29-19-9-20(13-26-12-19)30-24(35)17-7-16-8-21(31-23(16)27-10-17)18-11-28-32(3)14-18/h7-14H,4-6,15H2,1-3H3,(H,27,31)(H,29,34)(H,30,35). The number of H-pyrrole nitrogens is 1. The molecule has 0 bridgehead atoms. The molecule has 1 fully saturated rings. The number of anilines is 2. The molecule has 35 heavy (non-hydrogen) atoms. The van der Waals surface area contributed by atoms with Crippen molar-refractivity contribution in [1.29, 1.82) is 0 Å². The summed E-state index contributed by atoms with van der Waals surface area (Å²) in [7, 11) is 1.86. The first-order valence-electron chi connectivity index (χ1n) is 11.6. The molecule has 0 aliphatic carbocycles. The van der Waals surface area contributed by atoms with Crippen LogP contribution in [0.15, 0.2) is 49.2 Å². The van der Waals surface area contributed by atoms with Crippen LogP contribution in [0.4, 0.5) is 11.4 Å². The highest BCUT2D eigenvalue weighted by Crippen LogP contribution is 2.28. The van der Waals surface area contributed by atoms with E-state index in [4.69, 9.17) is 0 Å². The Hall–Kier alpha value is -4.05. The Kier molecular flexibility index (Phi) is 5.81. The van der Waals surface area contributed by atoms with Crippen LogP contribution in [0.5, 0.6) is 0 Å². The largest absolute Gasteiger partial charge is 0.339 e. The molecule has 3 N–H and O–H groups in total. The highest BCUT2D eigenvalue weighted by Gasteiger charge is 2.32. The quantitative estimate of drug-likeness (QED) is 0.395. The van der Waals surface area contributed by atoms with Crippen molar-refractivity contribution < 1.29 is 9.59 Å². The van der Waals surface area contributed by atoms with E-state index in [-0.39, 0.29) is 17.4 Å². The number of rotatable bonds is 6. The average Bonchev–Trinajstić information content (AvgIpc) is 3.51. The van der Waals surface area contributed by atoms with Crippen molar-refractivity contribution in [2.24, 2.45) is 7.05 Å². The minimum absolute atomic E-state index is 0.0266. The maximum absolute atomic E-state index is 12.9. The molecule has 1 saturated heterocycles. The predicted octanol–water partition coefficient (Wildman–Crippen LogP) is 3.42. The number of hydrogen-bond donors (Lipinski definition) is 3. The number of fused-ring (bicyclic) bond motifs is 1. The van der Waals surface area contributed by atoms with Crippen molar-refractivity contribution in [3.63, 3.8) is 0 Å². The summed E-state index contributed by atoms with van der Waals surface area (Å²) in [5.41, 5.74) is 3.97. The minimum Gasteiger partial charge on any atom is -0.339 e. The predicted molar refractivity (Wildman–Crippen MR) is 134 cm³/mol. The summed E-state index contributed by atoms with van der Waals surface area (Å²) in [6.45, 7) is 5.56. The van der Waals surface area contributed by atoms with Gasteiger partial charge in [0.15, 0.2) is 0 Å². The molecular formula is C25H28N8O2. The highest BCUT2D eigenvalue weighted by molar-refractivity contribution is 6.06. The van der Waals surface area contributed by atoms with Crippen LogP contribution < -0.4 is 10.6 Å². The topological polar surface area (TPSA) is 121 Å². The maximum Gasteiger partial charge on any atom is 0.257 e. The number of hydrogen-bond acceptors (Lipinski definition) is 6. The van der Waals surface area contributed by atoms with Crippen molar-refractivity contribution >= 4 is 34.2 Å². The monoisotopic (exact) mass is 472 g/mol. The summed E-state index contributed by atoms with van der Waals surface area (Å²) in [6.07, 6.45) is 10.5. The third-order valence-electron chi connectivity index (χ3n) is 6.44. The average molecular weight is 473 g/mol. The number of aromatic nitrogens is 5. The van der Waals surface area contributed by atoms with Gasteiger partial charge in [0.05, 0.1) is 47.8 Å². The van der Waals surface area contributed by atoms with E-state index in [1.165, 1.54) is 6.20 Å². The van der Waals surface area contributed by atoms with Gasteiger partial charge in [0.2, 0.25) is 5.91 Å². The smallest absolute Gasteiger partial charge is 0.257 e. The van der Waals surface area contributed by atoms with Gasteiger partial charge in [-0.25, -0.2) is 4.98 Å². The van der Waals surface area contributed by atoms with Gasteiger partial charge in [0, 0.05) is 35.9 Å². The highest BCUT2D eigenvalue weighted by atomic mass is 16.2. The molecule has 180 valence electrons. The van der Waals surface area contributed by atoms with E-state index < -0.39 is 0 Å². The first-order chi connectivity index (χ1) is 16.8. The van der Waals surface area contributed by atoms with Crippen LogP contribution in [0.25, 0.3) is 22.3 Å². The molecule has 0 spiro atoms. The second kappa shape index (κ2) is 8.95. The fraction of sp³-hybridized carbons (Fsp3) is 0.320. The molecule has 5 heterocycles. The lowest BCUT2D eigenvalue weighted by Crippen LogP contribution is -2.42. The van der Waals surface area contributed by atoms with Gasteiger partial charge in [-0.05, 0) is 51.4 Å². The molecule has 1 aliphatic rings. The van der Waals surface area contributed by atoms with E-state index in [0.29, 0.717) is 29.1 Å². The molecule has 0 atom stereocenters. The number of nitrogens with zero attached hydrogens (tertiary/aromatic N) is 5. The number of aromatic amines is 1. The fourth-order valence-electron chi connectivity index (χ4n) is 4.47. The van der Waals surface area contributed by atoms with Gasteiger partial charge >= 0.3 is 0 Å². The number of carbonyl (C=O) groups is 2. The van der Waals surface area contributed by atoms with Crippen LogP contribution in [-0.2, 0) is 11.8 Å². The Balaban J connectivity index is 1.25. The molecule has 0 radical (unpaired) electrons. The molecule has 1 aliphatic heterocycles. The first kappa shape index (κ1) is 22.7. The zero-order chi connectivity index (χ0) is 24.6. The van der Waals surface area contributed by atoms with Gasteiger partial charge < -0.3 is 15.6 Å². The molecule has 0 saturated carbocycles. The van der Waals surface area contributed by atoms with Crippen LogP contribution in [0.3, 0.4) is 0 Å². The van der Waals surface area contributed by atoms with E-state index in [1.54, 1.807) is 35.4 Å². The molecule has 0 unspecified atom stereocenters. The minimum atomic E-state index is -0.312. The number of carbonyl (C=O) groups excluding carboxylic acids is 2. The second-order valence-electron chi connectivity index (χ2n) is 9.55. The van der Waals surface area contributed by atoms with Crippen molar-refractivity contribution in [1.82, 2.24) is 29.6 Å². The lowest BCUT2D eigenvalue weighted by molar-refractivity contribution is -0.118. The van der Waals surface area contributed by atoms with Crippen molar-refractivity contribution in [2.75, 3.05) is 23.7 Å². The van der Waals surface area contributed by atoms with Crippen LogP contribution in [0.1, 0.15) is 37.0 Å². The Morgan fingerprint density at radius 1 is 1.09 bits per heavy atom. The first-order valence-corrected chi connectivity index (χ1v) is 11.6. The molecule has 4 aromatic heterocycles. The van der Waals surface area contributed by atoms with Crippen molar-refractivity contribution in [3.8, 4) is 11.3 Å². The van der Waals surface area contributed by atoms with Crippen LogP contribution in [0, 0.1) is 0 Å². The Bertz CT molecular complexity index is 1400. The van der Waals surface area contributed by atoms with Gasteiger partial charge in [-0.15, -0.1) is 0 Å². The zero-order valence-corrected chi connectivity index (χ0v) is 20.0. The number of pyridine rings is 2. The zero-order valence-electron chi connectivity index (χ0n) is 20.0. The van der Waals surface area contributed by atoms with E-state index in [9.17, 15) is 9.59 Å². The number of nitrogens with one attached hydrogen (secondary N) is 3. The summed E-state index contributed by atoms with van der Waals surface area (Å²) in [5, 5.41) is 10.7. The van der Waals surface area contributed by atoms with E-state index in [2.05, 4.69) is 49.4 Å². The third-order valence-corrected chi connectivity index (χ3v) is 6.44. The molecular weight excluding hydrogens is 444 g/mol. The summed E-state index contributed by atoms with van der Waals surface area (Å²) in [6, 6.07) is 5.42. The van der Waals surface area contributed by atoms with Crippen LogP contribution in [-0.4, -0.2) is 60.1 Å².